The minimum absolute atomic E-state index is 0.301. The third-order valence-electron chi connectivity index (χ3n) is 3.53. The summed E-state index contributed by atoms with van der Waals surface area (Å²) in [5.41, 5.74) is -0.333. The van der Waals surface area contributed by atoms with E-state index < -0.39 is 17.7 Å². The topological polar surface area (TPSA) is 84.7 Å². The summed E-state index contributed by atoms with van der Waals surface area (Å²) in [7, 11) is 0. The number of nitrogens with zero attached hydrogens (tertiary/aromatic N) is 2. The molecule has 0 bridgehead atoms. The van der Waals surface area contributed by atoms with Gasteiger partial charge in [-0.3, -0.25) is 10.1 Å². The van der Waals surface area contributed by atoms with Crippen molar-refractivity contribution in [3.05, 3.63) is 46.0 Å². The predicted octanol–water partition coefficient (Wildman–Crippen LogP) is 1.13. The van der Waals surface area contributed by atoms with Crippen molar-refractivity contribution in [2.45, 2.75) is 25.6 Å². The average molecular weight is 307 g/mol. The van der Waals surface area contributed by atoms with Gasteiger partial charge in [-0.1, -0.05) is 18.2 Å². The molecule has 0 radical (unpaired) electrons. The first kappa shape index (κ1) is 16.4. The number of carbonyl (C=O) groups excluding carboxylic acids is 1. The monoisotopic (exact) mass is 307 g/mol. The van der Waals surface area contributed by atoms with Gasteiger partial charge in [0.1, 0.15) is 5.60 Å². The van der Waals surface area contributed by atoms with Gasteiger partial charge in [0.15, 0.2) is 0 Å². The molecule has 1 saturated heterocycles. The van der Waals surface area contributed by atoms with Crippen LogP contribution in [0.25, 0.3) is 0 Å². The van der Waals surface area contributed by atoms with Crippen molar-refractivity contribution in [2.75, 3.05) is 26.2 Å². The summed E-state index contributed by atoms with van der Waals surface area (Å²) in [6, 6.07) is 8.72. The number of nitro groups is 1. The van der Waals surface area contributed by atoms with Crippen LogP contribution in [0.3, 0.4) is 0 Å². The summed E-state index contributed by atoms with van der Waals surface area (Å²) in [5, 5.41) is 14.1. The Morgan fingerprint density at radius 1 is 1.45 bits per heavy atom. The van der Waals surface area contributed by atoms with Gasteiger partial charge in [0, 0.05) is 24.6 Å². The fourth-order valence-electron chi connectivity index (χ4n) is 2.53. The summed E-state index contributed by atoms with van der Waals surface area (Å²) in [5.74, 6) is -0.418. The number of benzene rings is 1. The molecule has 1 aliphatic rings. The largest absolute Gasteiger partial charge is 0.455 e. The molecule has 1 aromatic carbocycles. The second kappa shape index (κ2) is 6.85. The number of piperazine rings is 1. The maximum absolute atomic E-state index is 12.1. The number of hydrogen-bond donors (Lipinski definition) is 1. The van der Waals surface area contributed by atoms with Crippen LogP contribution in [0.1, 0.15) is 24.2 Å². The van der Waals surface area contributed by atoms with E-state index in [4.69, 9.17) is 4.74 Å². The lowest BCUT2D eigenvalue weighted by atomic mass is 10.1. The Morgan fingerprint density at radius 3 is 2.77 bits per heavy atom. The van der Waals surface area contributed by atoms with Gasteiger partial charge in [0.05, 0.1) is 12.1 Å². The Morgan fingerprint density at radius 2 is 2.14 bits per heavy atom. The molecule has 0 aliphatic carbocycles. The second-order valence-electron chi connectivity index (χ2n) is 5.96. The van der Waals surface area contributed by atoms with Gasteiger partial charge < -0.3 is 10.1 Å². The van der Waals surface area contributed by atoms with Gasteiger partial charge >= 0.3 is 5.97 Å². The molecule has 1 heterocycles. The molecule has 1 N–H and O–H groups in total. The van der Waals surface area contributed by atoms with Crippen LogP contribution in [0.15, 0.2) is 30.3 Å². The van der Waals surface area contributed by atoms with E-state index in [2.05, 4.69) is 5.32 Å². The molecule has 1 fully saturated rings. The van der Waals surface area contributed by atoms with Crippen LogP contribution in [0.2, 0.25) is 0 Å². The van der Waals surface area contributed by atoms with Crippen LogP contribution >= 0.6 is 0 Å². The van der Waals surface area contributed by atoms with E-state index in [0.29, 0.717) is 31.7 Å². The Hall–Kier alpha value is -1.99. The molecule has 2 rings (SSSR count). The minimum Gasteiger partial charge on any atom is -0.455 e. The van der Waals surface area contributed by atoms with Crippen LogP contribution in [0.4, 0.5) is 0 Å². The van der Waals surface area contributed by atoms with E-state index in [1.807, 2.05) is 6.07 Å². The first-order valence-corrected chi connectivity index (χ1v) is 7.26. The van der Waals surface area contributed by atoms with Gasteiger partial charge in [-0.25, -0.2) is 9.69 Å². The Balaban J connectivity index is 2.00. The zero-order valence-corrected chi connectivity index (χ0v) is 12.8. The van der Waals surface area contributed by atoms with Crippen LogP contribution in [-0.2, 0) is 4.74 Å². The molecule has 1 aromatic rings. The number of nitrogens with one attached hydrogen (secondary N) is 1. The zero-order chi connectivity index (χ0) is 16.2. The van der Waals surface area contributed by atoms with Crippen LogP contribution in [-0.4, -0.2) is 53.7 Å². The van der Waals surface area contributed by atoms with E-state index >= 15 is 0 Å². The summed E-state index contributed by atoms with van der Waals surface area (Å²) in [4.78, 5) is 24.7. The number of ether oxygens (including phenoxy) is 1. The third-order valence-corrected chi connectivity index (χ3v) is 3.53. The molecule has 7 heteroatoms. The van der Waals surface area contributed by atoms with E-state index in [0.717, 1.165) is 0 Å². The maximum atomic E-state index is 12.1. The SMILES string of the molecule is CC(C)(CN1CCNCC1[N+](=O)[O-])OC(=O)c1ccccc1. The number of hydrogen-bond acceptors (Lipinski definition) is 6. The standard InChI is InChI=1S/C15H21N3O4/c1-15(2,22-14(19)12-6-4-3-5-7-12)11-17-9-8-16-10-13(17)18(20)21/h3-7,13,16H,8-11H2,1-2H3. The summed E-state index contributed by atoms with van der Waals surface area (Å²) in [6.07, 6.45) is -0.788. The highest BCUT2D eigenvalue weighted by molar-refractivity contribution is 5.89. The van der Waals surface area contributed by atoms with Gasteiger partial charge in [0.2, 0.25) is 0 Å². The van der Waals surface area contributed by atoms with Crippen molar-refractivity contribution in [3.8, 4) is 0 Å². The first-order valence-electron chi connectivity index (χ1n) is 7.26. The smallest absolute Gasteiger partial charge is 0.338 e. The number of carbonyl (C=O) groups is 1. The van der Waals surface area contributed by atoms with Crippen LogP contribution < -0.4 is 5.32 Å². The van der Waals surface area contributed by atoms with Crippen molar-refractivity contribution in [3.63, 3.8) is 0 Å². The lowest BCUT2D eigenvalue weighted by molar-refractivity contribution is -0.551. The fraction of sp³-hybridized carbons (Fsp3) is 0.533. The van der Waals surface area contributed by atoms with Crippen molar-refractivity contribution in [1.82, 2.24) is 10.2 Å². The summed E-state index contributed by atoms with van der Waals surface area (Å²) in [6.45, 7) is 5.40. The molecular weight excluding hydrogens is 286 g/mol. The number of esters is 1. The maximum Gasteiger partial charge on any atom is 0.338 e. The Labute approximate surface area is 129 Å². The predicted molar refractivity (Wildman–Crippen MR) is 81.2 cm³/mol. The van der Waals surface area contributed by atoms with E-state index in [1.165, 1.54) is 0 Å². The van der Waals surface area contributed by atoms with E-state index in [1.54, 1.807) is 43.0 Å². The van der Waals surface area contributed by atoms with Crippen molar-refractivity contribution >= 4 is 5.97 Å². The molecule has 7 nitrogen and oxygen atoms in total. The molecule has 0 saturated carbocycles. The van der Waals surface area contributed by atoms with E-state index in [9.17, 15) is 14.9 Å². The zero-order valence-electron chi connectivity index (χ0n) is 12.8. The summed E-state index contributed by atoms with van der Waals surface area (Å²) < 4.78 is 5.53. The minimum atomic E-state index is -0.807. The lowest BCUT2D eigenvalue weighted by Crippen LogP contribution is -2.58. The fourth-order valence-corrected chi connectivity index (χ4v) is 2.53. The van der Waals surface area contributed by atoms with E-state index in [-0.39, 0.29) is 4.92 Å². The molecule has 22 heavy (non-hydrogen) atoms. The highest BCUT2D eigenvalue weighted by atomic mass is 16.6. The molecule has 1 unspecified atom stereocenters. The normalized spacial score (nSPS) is 19.6. The highest BCUT2D eigenvalue weighted by Crippen LogP contribution is 2.17. The second-order valence-corrected chi connectivity index (χ2v) is 5.96. The van der Waals surface area contributed by atoms with Crippen molar-refractivity contribution in [1.29, 1.82) is 0 Å². The third kappa shape index (κ3) is 4.25. The molecular formula is C15H21N3O4. The molecule has 0 amide bonds. The first-order chi connectivity index (χ1) is 10.4. The Kier molecular flexibility index (Phi) is 5.10. The molecule has 0 spiro atoms. The van der Waals surface area contributed by atoms with Gasteiger partial charge in [-0.2, -0.15) is 0 Å². The number of rotatable bonds is 5. The molecule has 120 valence electrons. The van der Waals surface area contributed by atoms with Crippen molar-refractivity contribution in [2.24, 2.45) is 0 Å². The average Bonchev–Trinajstić information content (AvgIpc) is 2.47. The van der Waals surface area contributed by atoms with Gasteiger partial charge in [-0.05, 0) is 26.0 Å². The highest BCUT2D eigenvalue weighted by Gasteiger charge is 2.36. The lowest BCUT2D eigenvalue weighted by Gasteiger charge is -2.36. The quantitative estimate of drug-likeness (QED) is 0.499. The van der Waals surface area contributed by atoms with Gasteiger partial charge in [0.25, 0.3) is 6.17 Å². The summed E-state index contributed by atoms with van der Waals surface area (Å²) >= 11 is 0. The van der Waals surface area contributed by atoms with Crippen molar-refractivity contribution < 1.29 is 14.5 Å². The van der Waals surface area contributed by atoms with Crippen LogP contribution in [0, 0.1) is 10.1 Å². The molecule has 1 aliphatic heterocycles. The van der Waals surface area contributed by atoms with Gasteiger partial charge in [-0.15, -0.1) is 0 Å². The Bertz CT molecular complexity index is 533. The molecule has 1 atom stereocenters. The molecule has 0 aromatic heterocycles. The van der Waals surface area contributed by atoms with Crippen LogP contribution in [0.5, 0.6) is 0 Å².